The standard InChI is InChI=1S/C21H18N4/c22-20-17-8-1-2-9-18(17)25-19(21(20)23)12-14-5-3-6-15(11-14)16-7-4-10-24-13-16/h1-11,13H,12,23H2,(H2,22,25). The summed E-state index contributed by atoms with van der Waals surface area (Å²) < 4.78 is 0. The van der Waals surface area contributed by atoms with E-state index in [1.807, 2.05) is 48.7 Å². The SMILES string of the molecule is Nc1c(Cc2cccc(-c3cccnc3)c2)nc2ccccc2c1N. The summed E-state index contributed by atoms with van der Waals surface area (Å²) in [6.07, 6.45) is 4.27. The first-order valence-corrected chi connectivity index (χ1v) is 8.14. The second-order valence-corrected chi connectivity index (χ2v) is 6.02. The minimum absolute atomic E-state index is 0.561. The molecular weight excluding hydrogens is 308 g/mol. The Morgan fingerprint density at radius 1 is 0.800 bits per heavy atom. The number of hydrogen-bond donors (Lipinski definition) is 2. The number of rotatable bonds is 3. The highest BCUT2D eigenvalue weighted by Gasteiger charge is 2.11. The number of hydrogen-bond acceptors (Lipinski definition) is 4. The van der Waals surface area contributed by atoms with Crippen molar-refractivity contribution in [1.29, 1.82) is 0 Å². The molecule has 4 aromatic rings. The molecule has 4 nitrogen and oxygen atoms in total. The molecule has 0 fully saturated rings. The lowest BCUT2D eigenvalue weighted by Crippen LogP contribution is -2.04. The van der Waals surface area contributed by atoms with E-state index < -0.39 is 0 Å². The van der Waals surface area contributed by atoms with Gasteiger partial charge in [-0.15, -0.1) is 0 Å². The van der Waals surface area contributed by atoms with E-state index in [4.69, 9.17) is 16.5 Å². The van der Waals surface area contributed by atoms with Crippen molar-refractivity contribution in [3.05, 3.63) is 84.3 Å². The van der Waals surface area contributed by atoms with Crippen molar-refractivity contribution >= 4 is 22.3 Å². The third kappa shape index (κ3) is 2.90. The average molecular weight is 326 g/mol. The number of para-hydroxylation sites is 1. The van der Waals surface area contributed by atoms with Gasteiger partial charge in [0.15, 0.2) is 0 Å². The molecule has 0 aliphatic carbocycles. The van der Waals surface area contributed by atoms with Crippen LogP contribution in [0.4, 0.5) is 11.4 Å². The van der Waals surface area contributed by atoms with Gasteiger partial charge < -0.3 is 11.5 Å². The van der Waals surface area contributed by atoms with E-state index in [9.17, 15) is 0 Å². The number of anilines is 2. The van der Waals surface area contributed by atoms with Gasteiger partial charge in [-0.25, -0.2) is 0 Å². The molecular formula is C21H18N4. The third-order valence-electron chi connectivity index (χ3n) is 4.34. The van der Waals surface area contributed by atoms with Crippen LogP contribution >= 0.6 is 0 Å². The first-order chi connectivity index (χ1) is 12.2. The smallest absolute Gasteiger partial charge is 0.0777 e. The number of nitrogens with two attached hydrogens (primary N) is 2. The van der Waals surface area contributed by atoms with Gasteiger partial charge in [0, 0.05) is 24.2 Å². The molecule has 2 aromatic carbocycles. The molecule has 0 unspecified atom stereocenters. The summed E-state index contributed by atoms with van der Waals surface area (Å²) in [5.41, 5.74) is 18.6. The summed E-state index contributed by atoms with van der Waals surface area (Å²) in [7, 11) is 0. The van der Waals surface area contributed by atoms with Crippen LogP contribution < -0.4 is 11.5 Å². The van der Waals surface area contributed by atoms with Gasteiger partial charge >= 0.3 is 0 Å². The Morgan fingerprint density at radius 2 is 1.64 bits per heavy atom. The molecule has 0 atom stereocenters. The lowest BCUT2D eigenvalue weighted by Gasteiger charge is -2.12. The second-order valence-electron chi connectivity index (χ2n) is 6.02. The first kappa shape index (κ1) is 15.1. The molecule has 0 amide bonds. The largest absolute Gasteiger partial charge is 0.396 e. The minimum atomic E-state index is 0.561. The van der Waals surface area contributed by atoms with Gasteiger partial charge in [0.25, 0.3) is 0 Å². The highest BCUT2D eigenvalue weighted by molar-refractivity contribution is 5.96. The van der Waals surface area contributed by atoms with E-state index in [1.165, 1.54) is 0 Å². The molecule has 25 heavy (non-hydrogen) atoms. The van der Waals surface area contributed by atoms with Gasteiger partial charge in [-0.3, -0.25) is 9.97 Å². The summed E-state index contributed by atoms with van der Waals surface area (Å²) in [5, 5.41) is 0.896. The van der Waals surface area contributed by atoms with E-state index in [-0.39, 0.29) is 0 Å². The summed E-state index contributed by atoms with van der Waals surface area (Å²) >= 11 is 0. The molecule has 0 spiro atoms. The summed E-state index contributed by atoms with van der Waals surface area (Å²) in [6.45, 7) is 0. The quantitative estimate of drug-likeness (QED) is 0.595. The molecule has 0 saturated carbocycles. The monoisotopic (exact) mass is 326 g/mol. The van der Waals surface area contributed by atoms with Crippen molar-refractivity contribution in [3.8, 4) is 11.1 Å². The number of fused-ring (bicyclic) bond motifs is 1. The molecule has 0 saturated heterocycles. The zero-order valence-corrected chi connectivity index (χ0v) is 13.7. The van der Waals surface area contributed by atoms with Gasteiger partial charge in [0.05, 0.1) is 22.6 Å². The summed E-state index contributed by atoms with van der Waals surface area (Å²) in [5.74, 6) is 0. The zero-order valence-electron chi connectivity index (χ0n) is 13.7. The predicted molar refractivity (Wildman–Crippen MR) is 103 cm³/mol. The maximum absolute atomic E-state index is 6.25. The first-order valence-electron chi connectivity index (χ1n) is 8.14. The number of nitrogens with zero attached hydrogens (tertiary/aromatic N) is 2. The zero-order chi connectivity index (χ0) is 17.2. The number of aromatic nitrogens is 2. The molecule has 0 aliphatic heterocycles. The van der Waals surface area contributed by atoms with Gasteiger partial charge in [0.1, 0.15) is 0 Å². The number of pyridine rings is 2. The van der Waals surface area contributed by atoms with Crippen molar-refractivity contribution in [2.75, 3.05) is 11.5 Å². The Kier molecular flexibility index (Phi) is 3.78. The third-order valence-corrected chi connectivity index (χ3v) is 4.34. The van der Waals surface area contributed by atoms with E-state index in [2.05, 4.69) is 23.2 Å². The topological polar surface area (TPSA) is 77.8 Å². The van der Waals surface area contributed by atoms with Crippen LogP contribution in [0.1, 0.15) is 11.3 Å². The van der Waals surface area contributed by atoms with Gasteiger partial charge in [0.2, 0.25) is 0 Å². The fourth-order valence-electron chi connectivity index (χ4n) is 3.03. The Morgan fingerprint density at radius 3 is 2.48 bits per heavy atom. The van der Waals surface area contributed by atoms with Crippen molar-refractivity contribution < 1.29 is 0 Å². The lowest BCUT2D eigenvalue weighted by molar-refractivity contribution is 1.11. The highest BCUT2D eigenvalue weighted by Crippen LogP contribution is 2.29. The van der Waals surface area contributed by atoms with Crippen molar-refractivity contribution in [2.24, 2.45) is 0 Å². The Bertz CT molecular complexity index is 1040. The van der Waals surface area contributed by atoms with Crippen molar-refractivity contribution in [3.63, 3.8) is 0 Å². The van der Waals surface area contributed by atoms with E-state index in [1.54, 1.807) is 6.20 Å². The van der Waals surface area contributed by atoms with Gasteiger partial charge in [-0.1, -0.05) is 48.5 Å². The molecule has 4 N–H and O–H groups in total. The van der Waals surface area contributed by atoms with E-state index in [0.717, 1.165) is 33.3 Å². The van der Waals surface area contributed by atoms with E-state index >= 15 is 0 Å². The van der Waals surface area contributed by atoms with Crippen LogP contribution in [-0.4, -0.2) is 9.97 Å². The highest BCUT2D eigenvalue weighted by atomic mass is 14.8. The second kappa shape index (κ2) is 6.24. The van der Waals surface area contributed by atoms with Crippen LogP contribution in [0.5, 0.6) is 0 Å². The maximum Gasteiger partial charge on any atom is 0.0777 e. The lowest BCUT2D eigenvalue weighted by atomic mass is 10.0. The molecule has 2 heterocycles. The fraction of sp³-hybridized carbons (Fsp3) is 0.0476. The summed E-state index contributed by atoms with van der Waals surface area (Å²) in [6, 6.07) is 20.1. The molecule has 122 valence electrons. The van der Waals surface area contributed by atoms with Crippen molar-refractivity contribution in [1.82, 2.24) is 9.97 Å². The van der Waals surface area contributed by atoms with Crippen LogP contribution in [0, 0.1) is 0 Å². The number of benzene rings is 2. The molecule has 4 rings (SSSR count). The minimum Gasteiger partial charge on any atom is -0.396 e. The van der Waals surface area contributed by atoms with E-state index in [0.29, 0.717) is 17.8 Å². The fourth-order valence-corrected chi connectivity index (χ4v) is 3.03. The summed E-state index contributed by atoms with van der Waals surface area (Å²) in [4.78, 5) is 8.90. The predicted octanol–water partition coefficient (Wildman–Crippen LogP) is 4.05. The van der Waals surface area contributed by atoms with Crippen LogP contribution in [-0.2, 0) is 6.42 Å². The number of nitrogen functional groups attached to an aromatic ring is 2. The van der Waals surface area contributed by atoms with Gasteiger partial charge in [-0.05, 0) is 28.8 Å². The molecule has 2 aromatic heterocycles. The normalized spacial score (nSPS) is 10.9. The average Bonchev–Trinajstić information content (AvgIpc) is 2.67. The van der Waals surface area contributed by atoms with Crippen LogP contribution in [0.3, 0.4) is 0 Å². The molecule has 0 aliphatic rings. The Hall–Kier alpha value is -3.40. The van der Waals surface area contributed by atoms with Crippen LogP contribution in [0.2, 0.25) is 0 Å². The van der Waals surface area contributed by atoms with Crippen molar-refractivity contribution in [2.45, 2.75) is 6.42 Å². The van der Waals surface area contributed by atoms with Gasteiger partial charge in [-0.2, -0.15) is 0 Å². The molecule has 4 heteroatoms. The molecule has 0 bridgehead atoms. The van der Waals surface area contributed by atoms with Crippen LogP contribution in [0.15, 0.2) is 73.1 Å². The Labute approximate surface area is 146 Å². The molecule has 0 radical (unpaired) electrons. The maximum atomic E-state index is 6.25. The van der Waals surface area contributed by atoms with Crippen LogP contribution in [0.25, 0.3) is 22.0 Å². The Balaban J connectivity index is 1.74.